The highest BCUT2D eigenvalue weighted by Crippen LogP contribution is 2.40. The Morgan fingerprint density at radius 3 is 2.89 bits per heavy atom. The minimum absolute atomic E-state index is 0.167. The fourth-order valence-electron chi connectivity index (χ4n) is 3.41. The number of hydrogen-bond acceptors (Lipinski definition) is 5. The van der Waals surface area contributed by atoms with Gasteiger partial charge in [0, 0.05) is 23.9 Å². The smallest absolute Gasteiger partial charge is 0.233 e. The third-order valence-corrected chi connectivity index (χ3v) is 6.89. The van der Waals surface area contributed by atoms with Crippen molar-refractivity contribution in [3.63, 3.8) is 0 Å². The maximum atomic E-state index is 12.7. The van der Waals surface area contributed by atoms with Crippen LogP contribution in [-0.4, -0.2) is 37.9 Å². The molecule has 27 heavy (non-hydrogen) atoms. The minimum atomic E-state index is 0.167. The summed E-state index contributed by atoms with van der Waals surface area (Å²) >= 11 is 3.24. The number of benzene rings is 1. The Balaban J connectivity index is 1.28. The van der Waals surface area contributed by atoms with Gasteiger partial charge in [0.05, 0.1) is 11.4 Å². The van der Waals surface area contributed by atoms with E-state index in [9.17, 15) is 4.79 Å². The zero-order chi connectivity index (χ0) is 18.2. The van der Waals surface area contributed by atoms with Crippen molar-refractivity contribution in [3.05, 3.63) is 58.0 Å². The zero-order valence-corrected chi connectivity index (χ0v) is 16.5. The Morgan fingerprint density at radius 2 is 2.07 bits per heavy atom. The lowest BCUT2D eigenvalue weighted by atomic mass is 10.1. The Morgan fingerprint density at radius 1 is 1.22 bits per heavy atom. The van der Waals surface area contributed by atoms with Crippen LogP contribution in [0.5, 0.6) is 0 Å². The van der Waals surface area contributed by atoms with Crippen LogP contribution < -0.4 is 0 Å². The van der Waals surface area contributed by atoms with Crippen LogP contribution in [0.1, 0.15) is 35.0 Å². The summed E-state index contributed by atoms with van der Waals surface area (Å²) in [6, 6.07) is 12.3. The molecule has 138 valence electrons. The summed E-state index contributed by atoms with van der Waals surface area (Å²) in [5.74, 6) is 2.09. The van der Waals surface area contributed by atoms with Crippen LogP contribution in [0.15, 0.2) is 46.9 Å². The number of thioether (sulfide) groups is 1. The molecule has 2 aliphatic rings. The normalized spacial score (nSPS) is 16.4. The Kier molecular flexibility index (Phi) is 4.49. The molecule has 3 heterocycles. The van der Waals surface area contributed by atoms with Crippen molar-refractivity contribution < 1.29 is 4.79 Å². The molecule has 0 unspecified atom stereocenters. The molecular formula is C20H20N4OS2. The topological polar surface area (TPSA) is 51.0 Å². The van der Waals surface area contributed by atoms with E-state index in [0.29, 0.717) is 16.8 Å². The van der Waals surface area contributed by atoms with E-state index in [1.54, 1.807) is 11.3 Å². The SMILES string of the molecule is O=C(CSc1nc(C2CC2)n(-c2ccccc2)n1)N1CCc2sccc2C1. The molecule has 1 aliphatic heterocycles. The van der Waals surface area contributed by atoms with Gasteiger partial charge in [0.25, 0.3) is 0 Å². The number of nitrogens with zero attached hydrogens (tertiary/aromatic N) is 4. The lowest BCUT2D eigenvalue weighted by Crippen LogP contribution is -2.36. The number of hydrogen-bond donors (Lipinski definition) is 0. The van der Waals surface area contributed by atoms with Crippen LogP contribution in [0.3, 0.4) is 0 Å². The van der Waals surface area contributed by atoms with Crippen molar-refractivity contribution in [2.45, 2.75) is 36.9 Å². The molecule has 0 radical (unpaired) electrons. The van der Waals surface area contributed by atoms with E-state index in [1.807, 2.05) is 39.9 Å². The highest BCUT2D eigenvalue weighted by Gasteiger charge is 2.30. The van der Waals surface area contributed by atoms with E-state index in [0.717, 1.165) is 31.0 Å². The highest BCUT2D eigenvalue weighted by molar-refractivity contribution is 7.99. The Hall–Kier alpha value is -2.12. The summed E-state index contributed by atoms with van der Waals surface area (Å²) in [6.07, 6.45) is 3.31. The predicted octanol–water partition coefficient (Wildman–Crippen LogP) is 3.88. The molecule has 0 spiro atoms. The standard InChI is InChI=1S/C20H20N4OS2/c25-18(23-10-8-17-15(12-23)9-11-26-17)13-27-20-21-19(14-6-7-14)24(22-20)16-4-2-1-3-5-16/h1-5,9,11,14H,6-8,10,12-13H2. The first kappa shape index (κ1) is 17.0. The van der Waals surface area contributed by atoms with Crippen LogP contribution in [0, 0.1) is 0 Å². The summed E-state index contributed by atoms with van der Waals surface area (Å²) in [6.45, 7) is 1.55. The van der Waals surface area contributed by atoms with E-state index in [1.165, 1.54) is 35.0 Å². The van der Waals surface area contributed by atoms with Gasteiger partial charge in [-0.15, -0.1) is 16.4 Å². The van der Waals surface area contributed by atoms with Crippen molar-refractivity contribution in [2.24, 2.45) is 0 Å². The summed E-state index contributed by atoms with van der Waals surface area (Å²) in [4.78, 5) is 20.8. The van der Waals surface area contributed by atoms with Crippen LogP contribution >= 0.6 is 23.1 Å². The molecule has 1 aliphatic carbocycles. The average Bonchev–Trinajstić information content (AvgIpc) is 3.29. The van der Waals surface area contributed by atoms with Crippen molar-refractivity contribution >= 4 is 29.0 Å². The largest absolute Gasteiger partial charge is 0.337 e. The number of carbonyl (C=O) groups is 1. The molecule has 0 N–H and O–H groups in total. The number of amides is 1. The van der Waals surface area contributed by atoms with E-state index in [-0.39, 0.29) is 5.91 Å². The van der Waals surface area contributed by atoms with Crippen LogP contribution in [0.2, 0.25) is 0 Å². The monoisotopic (exact) mass is 396 g/mol. The van der Waals surface area contributed by atoms with E-state index < -0.39 is 0 Å². The zero-order valence-electron chi connectivity index (χ0n) is 14.9. The van der Waals surface area contributed by atoms with E-state index >= 15 is 0 Å². The third kappa shape index (κ3) is 3.53. The second-order valence-corrected chi connectivity index (χ2v) is 8.94. The molecule has 1 saturated carbocycles. The van der Waals surface area contributed by atoms with Crippen molar-refractivity contribution in [3.8, 4) is 5.69 Å². The van der Waals surface area contributed by atoms with Crippen molar-refractivity contribution in [2.75, 3.05) is 12.3 Å². The van der Waals surface area contributed by atoms with Gasteiger partial charge in [-0.3, -0.25) is 4.79 Å². The molecular weight excluding hydrogens is 376 g/mol. The molecule has 1 amide bonds. The van der Waals surface area contributed by atoms with Gasteiger partial charge >= 0.3 is 0 Å². The third-order valence-electron chi connectivity index (χ3n) is 5.04. The highest BCUT2D eigenvalue weighted by atomic mass is 32.2. The average molecular weight is 397 g/mol. The van der Waals surface area contributed by atoms with Gasteiger partial charge < -0.3 is 4.90 Å². The molecule has 0 atom stereocenters. The first-order valence-corrected chi connectivity index (χ1v) is 11.1. The van der Waals surface area contributed by atoms with Crippen molar-refractivity contribution in [1.82, 2.24) is 19.7 Å². The molecule has 7 heteroatoms. The molecule has 3 aromatic rings. The number of rotatable bonds is 5. The van der Waals surface area contributed by atoms with E-state index in [4.69, 9.17) is 4.98 Å². The van der Waals surface area contributed by atoms with Crippen LogP contribution in [0.4, 0.5) is 0 Å². The summed E-state index contributed by atoms with van der Waals surface area (Å²) in [7, 11) is 0. The maximum Gasteiger partial charge on any atom is 0.233 e. The first-order chi connectivity index (χ1) is 13.3. The molecule has 2 aromatic heterocycles. The number of aromatic nitrogens is 3. The maximum absolute atomic E-state index is 12.7. The first-order valence-electron chi connectivity index (χ1n) is 9.26. The lowest BCUT2D eigenvalue weighted by molar-refractivity contribution is -0.129. The van der Waals surface area contributed by atoms with Gasteiger partial charge in [-0.2, -0.15) is 0 Å². The summed E-state index contributed by atoms with van der Waals surface area (Å²) in [5.41, 5.74) is 2.33. The molecule has 5 nitrogen and oxygen atoms in total. The van der Waals surface area contributed by atoms with Crippen LogP contribution in [-0.2, 0) is 17.8 Å². The lowest BCUT2D eigenvalue weighted by Gasteiger charge is -2.26. The Labute approximate surface area is 166 Å². The van der Waals surface area contributed by atoms with Gasteiger partial charge in [-0.1, -0.05) is 30.0 Å². The molecule has 1 fully saturated rings. The number of thiophene rings is 1. The van der Waals surface area contributed by atoms with Crippen LogP contribution in [0.25, 0.3) is 5.69 Å². The van der Waals surface area contributed by atoms with Gasteiger partial charge in [-0.25, -0.2) is 9.67 Å². The second kappa shape index (κ2) is 7.13. The summed E-state index contributed by atoms with van der Waals surface area (Å²) < 4.78 is 1.95. The van der Waals surface area contributed by atoms with Gasteiger partial charge in [0.2, 0.25) is 11.1 Å². The molecule has 0 bridgehead atoms. The predicted molar refractivity (Wildman–Crippen MR) is 107 cm³/mol. The van der Waals surface area contributed by atoms with E-state index in [2.05, 4.69) is 16.5 Å². The summed E-state index contributed by atoms with van der Waals surface area (Å²) in [5, 5.41) is 7.50. The fraction of sp³-hybridized carbons (Fsp3) is 0.350. The molecule has 0 saturated heterocycles. The number of carbonyl (C=O) groups excluding carboxylic acids is 1. The quantitative estimate of drug-likeness (QED) is 0.614. The second-order valence-electron chi connectivity index (χ2n) is 7.00. The number of fused-ring (bicyclic) bond motifs is 1. The number of para-hydroxylation sites is 1. The molecule has 5 rings (SSSR count). The Bertz CT molecular complexity index is 962. The van der Waals surface area contributed by atoms with Gasteiger partial charge in [0.1, 0.15) is 5.82 Å². The minimum Gasteiger partial charge on any atom is -0.337 e. The molecule has 1 aromatic carbocycles. The van der Waals surface area contributed by atoms with Gasteiger partial charge in [0.15, 0.2) is 0 Å². The van der Waals surface area contributed by atoms with Crippen molar-refractivity contribution in [1.29, 1.82) is 0 Å². The fourth-order valence-corrected chi connectivity index (χ4v) is 5.03. The van der Waals surface area contributed by atoms with Gasteiger partial charge in [-0.05, 0) is 48.4 Å².